The Balaban J connectivity index is 3.34. The average Bonchev–Trinajstić information content (AvgIpc) is 2.49. The van der Waals surface area contributed by atoms with Crippen LogP contribution < -0.4 is 5.32 Å². The van der Waals surface area contributed by atoms with Gasteiger partial charge in [-0.25, -0.2) is 18.0 Å². The van der Waals surface area contributed by atoms with Gasteiger partial charge in [-0.1, -0.05) is 0 Å². The fourth-order valence-corrected chi connectivity index (χ4v) is 1.67. The van der Waals surface area contributed by atoms with Gasteiger partial charge in [0.15, 0.2) is 11.6 Å². The lowest BCUT2D eigenvalue weighted by Crippen LogP contribution is -2.21. The van der Waals surface area contributed by atoms with Crippen LogP contribution in [0.5, 0.6) is 0 Å². The van der Waals surface area contributed by atoms with Gasteiger partial charge in [-0.05, 0) is 26.8 Å². The van der Waals surface area contributed by atoms with Gasteiger partial charge >= 0.3 is 5.97 Å². The Morgan fingerprint density at radius 3 is 2.41 bits per heavy atom. The minimum atomic E-state index is -1.37. The van der Waals surface area contributed by atoms with Crippen molar-refractivity contribution in [2.45, 2.75) is 20.8 Å². The van der Waals surface area contributed by atoms with Crippen LogP contribution >= 0.6 is 0 Å². The highest BCUT2D eigenvalue weighted by molar-refractivity contribution is 6.24. The van der Waals surface area contributed by atoms with Crippen LogP contribution in [0.4, 0.5) is 13.2 Å². The van der Waals surface area contributed by atoms with Crippen molar-refractivity contribution in [3.8, 4) is 0 Å². The second-order valence-corrected chi connectivity index (χ2v) is 4.32. The summed E-state index contributed by atoms with van der Waals surface area (Å²) in [4.78, 5) is 24.0. The predicted octanol–water partition coefficient (Wildman–Crippen LogP) is 2.65. The molecule has 1 rings (SSSR count). The summed E-state index contributed by atoms with van der Waals surface area (Å²) in [6, 6.07) is 0.430. The first-order valence-electron chi connectivity index (χ1n) is 6.64. The lowest BCUT2D eigenvalue weighted by Gasteiger charge is -2.10. The highest BCUT2D eigenvalue weighted by Crippen LogP contribution is 2.22. The molecule has 0 aliphatic carbocycles. The zero-order chi connectivity index (χ0) is 16.9. The molecule has 0 unspecified atom stereocenters. The molecule has 0 saturated carbocycles. The van der Waals surface area contributed by atoms with Crippen LogP contribution in [0, 0.1) is 24.4 Å². The maximum Gasteiger partial charge on any atom is 0.343 e. The van der Waals surface area contributed by atoms with Crippen LogP contribution in [0.2, 0.25) is 0 Å². The topological polar surface area (TPSA) is 55.4 Å². The number of Topliss-reactive ketones (excluding diaryl/α,β-unsaturated/α-hetero) is 1. The summed E-state index contributed by atoms with van der Waals surface area (Å²) in [6.45, 7) is 4.66. The first-order chi connectivity index (χ1) is 10.3. The molecule has 1 aromatic carbocycles. The van der Waals surface area contributed by atoms with Crippen LogP contribution in [0.15, 0.2) is 17.8 Å². The van der Waals surface area contributed by atoms with E-state index in [1.807, 2.05) is 0 Å². The van der Waals surface area contributed by atoms with E-state index < -0.39 is 45.9 Å². The second-order valence-electron chi connectivity index (χ2n) is 4.32. The fourth-order valence-electron chi connectivity index (χ4n) is 1.67. The van der Waals surface area contributed by atoms with Crippen molar-refractivity contribution in [2.75, 3.05) is 13.2 Å². The lowest BCUT2D eigenvalue weighted by atomic mass is 10.0. The van der Waals surface area contributed by atoms with E-state index in [1.165, 1.54) is 6.92 Å². The van der Waals surface area contributed by atoms with E-state index in [0.717, 1.165) is 13.1 Å². The zero-order valence-electron chi connectivity index (χ0n) is 12.4. The van der Waals surface area contributed by atoms with Gasteiger partial charge in [0.25, 0.3) is 0 Å². The molecule has 0 fully saturated rings. The number of carbonyl (C=O) groups is 2. The number of carbonyl (C=O) groups excluding carboxylic acids is 2. The Morgan fingerprint density at radius 2 is 1.86 bits per heavy atom. The summed E-state index contributed by atoms with van der Waals surface area (Å²) in [7, 11) is 0. The number of halogens is 3. The lowest BCUT2D eigenvalue weighted by molar-refractivity contribution is -0.138. The van der Waals surface area contributed by atoms with Crippen molar-refractivity contribution in [3.63, 3.8) is 0 Å². The van der Waals surface area contributed by atoms with Gasteiger partial charge in [0, 0.05) is 18.3 Å². The second kappa shape index (κ2) is 7.63. The quantitative estimate of drug-likeness (QED) is 0.219. The third-order valence-corrected chi connectivity index (χ3v) is 2.81. The van der Waals surface area contributed by atoms with Crippen molar-refractivity contribution in [1.29, 1.82) is 0 Å². The monoisotopic (exact) mass is 315 g/mol. The molecule has 0 heterocycles. The van der Waals surface area contributed by atoms with Gasteiger partial charge < -0.3 is 10.1 Å². The molecular weight excluding hydrogens is 299 g/mol. The molecule has 7 heteroatoms. The molecule has 4 nitrogen and oxygen atoms in total. The van der Waals surface area contributed by atoms with Crippen LogP contribution in [0.3, 0.4) is 0 Å². The van der Waals surface area contributed by atoms with Gasteiger partial charge in [-0.15, -0.1) is 0 Å². The Morgan fingerprint density at radius 1 is 1.23 bits per heavy atom. The Bertz CT molecular complexity index is 627. The van der Waals surface area contributed by atoms with Crippen LogP contribution in [-0.2, 0) is 9.53 Å². The molecule has 0 bridgehead atoms. The molecule has 0 aliphatic rings. The van der Waals surface area contributed by atoms with E-state index in [4.69, 9.17) is 4.74 Å². The standard InChI is InChI=1S/C15H16F3NO3/c1-4-19-7-10(15(21)22-5-2)14(20)9-6-11(16)13(18)8(3)12(9)17/h6-7,19H,4-5H2,1-3H3/b10-7-. The van der Waals surface area contributed by atoms with Crippen molar-refractivity contribution >= 4 is 11.8 Å². The largest absolute Gasteiger partial charge is 0.462 e. The molecule has 1 N–H and O–H groups in total. The summed E-state index contributed by atoms with van der Waals surface area (Å²) >= 11 is 0. The van der Waals surface area contributed by atoms with Gasteiger partial charge in [-0.3, -0.25) is 4.79 Å². The number of nitrogens with one attached hydrogen (secondary N) is 1. The Kier molecular flexibility index (Phi) is 6.15. The number of benzene rings is 1. The number of hydrogen-bond donors (Lipinski definition) is 1. The van der Waals surface area contributed by atoms with Crippen LogP contribution in [-0.4, -0.2) is 24.9 Å². The third kappa shape index (κ3) is 3.66. The van der Waals surface area contributed by atoms with E-state index >= 15 is 0 Å². The molecule has 0 radical (unpaired) electrons. The van der Waals surface area contributed by atoms with Crippen LogP contribution in [0.25, 0.3) is 0 Å². The number of esters is 1. The molecule has 0 spiro atoms. The number of ether oxygens (including phenoxy) is 1. The van der Waals surface area contributed by atoms with Crippen molar-refractivity contribution in [3.05, 3.63) is 46.4 Å². The number of ketones is 1. The zero-order valence-corrected chi connectivity index (χ0v) is 12.4. The van der Waals surface area contributed by atoms with Gasteiger partial charge in [0.05, 0.1) is 12.2 Å². The van der Waals surface area contributed by atoms with E-state index in [9.17, 15) is 22.8 Å². The first kappa shape index (κ1) is 17.7. The average molecular weight is 315 g/mol. The SMILES string of the molecule is CCN/C=C(\C(=O)OCC)C(=O)c1cc(F)c(F)c(C)c1F. The van der Waals surface area contributed by atoms with Crippen molar-refractivity contribution < 1.29 is 27.5 Å². The Hall–Kier alpha value is -2.31. The predicted molar refractivity (Wildman–Crippen MR) is 73.8 cm³/mol. The number of rotatable bonds is 6. The van der Waals surface area contributed by atoms with Gasteiger partial charge in [0.2, 0.25) is 5.78 Å². The summed E-state index contributed by atoms with van der Waals surface area (Å²) in [6.07, 6.45) is 1.07. The van der Waals surface area contributed by atoms with Crippen LogP contribution in [0.1, 0.15) is 29.8 Å². The number of hydrogen-bond acceptors (Lipinski definition) is 4. The van der Waals surface area contributed by atoms with Gasteiger partial charge in [0.1, 0.15) is 11.4 Å². The summed E-state index contributed by atoms with van der Waals surface area (Å²) in [5.41, 5.74) is -1.85. The van der Waals surface area contributed by atoms with Gasteiger partial charge in [-0.2, -0.15) is 0 Å². The van der Waals surface area contributed by atoms with E-state index in [1.54, 1.807) is 6.92 Å². The minimum absolute atomic E-state index is 0.00880. The third-order valence-electron chi connectivity index (χ3n) is 2.81. The summed E-state index contributed by atoms with van der Waals surface area (Å²) in [5, 5.41) is 2.62. The molecule has 120 valence electrons. The Labute approximate surface area is 126 Å². The highest BCUT2D eigenvalue weighted by Gasteiger charge is 2.27. The van der Waals surface area contributed by atoms with E-state index in [-0.39, 0.29) is 6.61 Å². The molecule has 0 atom stereocenters. The van der Waals surface area contributed by atoms with E-state index in [2.05, 4.69) is 5.32 Å². The highest BCUT2D eigenvalue weighted by atomic mass is 19.2. The molecule has 0 saturated heterocycles. The minimum Gasteiger partial charge on any atom is -0.462 e. The fraction of sp³-hybridized carbons (Fsp3) is 0.333. The van der Waals surface area contributed by atoms with Crippen molar-refractivity contribution in [2.24, 2.45) is 0 Å². The summed E-state index contributed by atoms with van der Waals surface area (Å²) < 4.78 is 45.4. The molecule has 1 aromatic rings. The van der Waals surface area contributed by atoms with E-state index in [0.29, 0.717) is 12.6 Å². The van der Waals surface area contributed by atoms with Crippen molar-refractivity contribution in [1.82, 2.24) is 5.32 Å². The molecule has 0 aliphatic heterocycles. The molecule has 0 aromatic heterocycles. The maximum atomic E-state index is 14.0. The summed E-state index contributed by atoms with van der Waals surface area (Å²) in [5.74, 6) is -6.01. The smallest absolute Gasteiger partial charge is 0.343 e. The first-order valence-corrected chi connectivity index (χ1v) is 6.64. The normalized spacial score (nSPS) is 11.3. The molecule has 22 heavy (non-hydrogen) atoms. The molecular formula is C15H16F3NO3. The molecule has 0 amide bonds. The maximum absolute atomic E-state index is 14.0.